The Hall–Kier alpha value is -0.960. The quantitative estimate of drug-likeness (QED) is 0.781. The first-order valence-electron chi connectivity index (χ1n) is 4.91. The highest BCUT2D eigenvalue weighted by Gasteiger charge is 2.25. The molecule has 1 heterocycles. The summed E-state index contributed by atoms with van der Waals surface area (Å²) in [6.45, 7) is 8.52. The van der Waals surface area contributed by atoms with Crippen LogP contribution < -0.4 is 5.32 Å². The van der Waals surface area contributed by atoms with Crippen LogP contribution in [0, 0.1) is 12.3 Å². The third kappa shape index (κ3) is 2.51. The Kier molecular flexibility index (Phi) is 3.21. The number of rotatable bonds is 2. The van der Waals surface area contributed by atoms with Gasteiger partial charge in [-0.3, -0.25) is 9.97 Å². The van der Waals surface area contributed by atoms with Crippen molar-refractivity contribution < 1.29 is 0 Å². The van der Waals surface area contributed by atoms with Crippen LogP contribution in [0.15, 0.2) is 12.4 Å². The van der Waals surface area contributed by atoms with Crippen LogP contribution in [0.2, 0.25) is 0 Å². The number of nitrogens with one attached hydrogen (secondary N) is 1. The van der Waals surface area contributed by atoms with Crippen molar-refractivity contribution in [2.24, 2.45) is 5.41 Å². The van der Waals surface area contributed by atoms with Crippen LogP contribution in [0.4, 0.5) is 0 Å². The molecular formula is C11H19N3. The first kappa shape index (κ1) is 11.1. The van der Waals surface area contributed by atoms with Crippen LogP contribution in [-0.4, -0.2) is 17.0 Å². The summed E-state index contributed by atoms with van der Waals surface area (Å²) in [6.07, 6.45) is 3.66. The summed E-state index contributed by atoms with van der Waals surface area (Å²) >= 11 is 0. The molecule has 0 fully saturated rings. The summed E-state index contributed by atoms with van der Waals surface area (Å²) in [5.41, 5.74) is 2.11. The Morgan fingerprint density at radius 2 is 1.86 bits per heavy atom. The van der Waals surface area contributed by atoms with E-state index in [0.717, 1.165) is 11.4 Å². The highest BCUT2D eigenvalue weighted by molar-refractivity contribution is 5.08. The third-order valence-corrected chi connectivity index (χ3v) is 2.25. The zero-order valence-corrected chi connectivity index (χ0v) is 9.63. The fourth-order valence-electron chi connectivity index (χ4n) is 1.58. The van der Waals surface area contributed by atoms with E-state index in [1.165, 1.54) is 0 Å². The van der Waals surface area contributed by atoms with Gasteiger partial charge in [-0.2, -0.15) is 0 Å². The summed E-state index contributed by atoms with van der Waals surface area (Å²) in [7, 11) is 1.96. The Morgan fingerprint density at radius 3 is 2.21 bits per heavy atom. The van der Waals surface area contributed by atoms with Gasteiger partial charge in [0.05, 0.1) is 23.6 Å². The first-order chi connectivity index (χ1) is 6.45. The van der Waals surface area contributed by atoms with Gasteiger partial charge in [0.25, 0.3) is 0 Å². The monoisotopic (exact) mass is 193 g/mol. The number of nitrogens with zero attached hydrogens (tertiary/aromatic N) is 2. The predicted octanol–water partition coefficient (Wildman–Crippen LogP) is 2.09. The summed E-state index contributed by atoms with van der Waals surface area (Å²) < 4.78 is 0. The van der Waals surface area contributed by atoms with E-state index in [2.05, 4.69) is 36.1 Å². The highest BCUT2D eigenvalue weighted by atomic mass is 14.9. The standard InChI is InChI=1S/C11H19N3/c1-8-6-14-9(7-13-8)10(12-5)11(2,3)4/h6-7,10,12H,1-5H3. The normalized spacial score (nSPS) is 14.1. The zero-order chi connectivity index (χ0) is 10.8. The molecule has 1 rings (SSSR count). The van der Waals surface area contributed by atoms with E-state index in [4.69, 9.17) is 0 Å². The molecule has 78 valence electrons. The van der Waals surface area contributed by atoms with Gasteiger partial charge in [0, 0.05) is 6.20 Å². The fourth-order valence-corrected chi connectivity index (χ4v) is 1.58. The van der Waals surface area contributed by atoms with Crippen LogP contribution in [-0.2, 0) is 0 Å². The molecule has 1 atom stereocenters. The van der Waals surface area contributed by atoms with Crippen LogP contribution in [0.3, 0.4) is 0 Å². The van der Waals surface area contributed by atoms with E-state index in [0.29, 0.717) is 0 Å². The van der Waals surface area contributed by atoms with Gasteiger partial charge in [-0.05, 0) is 19.4 Å². The minimum atomic E-state index is 0.151. The minimum Gasteiger partial charge on any atom is -0.311 e. The van der Waals surface area contributed by atoms with Gasteiger partial charge >= 0.3 is 0 Å². The van der Waals surface area contributed by atoms with E-state index < -0.39 is 0 Å². The van der Waals surface area contributed by atoms with Gasteiger partial charge in [-0.15, -0.1) is 0 Å². The maximum Gasteiger partial charge on any atom is 0.0761 e. The smallest absolute Gasteiger partial charge is 0.0761 e. The van der Waals surface area contributed by atoms with Crippen LogP contribution >= 0.6 is 0 Å². The van der Waals surface area contributed by atoms with Crippen molar-refractivity contribution in [1.29, 1.82) is 0 Å². The van der Waals surface area contributed by atoms with Gasteiger partial charge in [0.2, 0.25) is 0 Å². The largest absolute Gasteiger partial charge is 0.311 e. The molecule has 1 aromatic rings. The van der Waals surface area contributed by atoms with Gasteiger partial charge < -0.3 is 5.32 Å². The summed E-state index contributed by atoms with van der Waals surface area (Å²) in [5, 5.41) is 3.28. The molecule has 0 amide bonds. The Bertz CT molecular complexity index is 284. The Labute approximate surface area is 86.0 Å². The van der Waals surface area contributed by atoms with Crippen molar-refractivity contribution in [2.45, 2.75) is 33.7 Å². The molecule has 1 aromatic heterocycles. The molecule has 0 aliphatic carbocycles. The van der Waals surface area contributed by atoms with Crippen molar-refractivity contribution in [3.05, 3.63) is 23.8 Å². The maximum absolute atomic E-state index is 4.39. The van der Waals surface area contributed by atoms with Gasteiger partial charge in [-0.1, -0.05) is 20.8 Å². The number of aryl methyl sites for hydroxylation is 1. The van der Waals surface area contributed by atoms with Gasteiger partial charge in [0.15, 0.2) is 0 Å². The minimum absolute atomic E-state index is 0.151. The lowest BCUT2D eigenvalue weighted by molar-refractivity contribution is 0.281. The molecule has 0 saturated carbocycles. The molecule has 1 N–H and O–H groups in total. The third-order valence-electron chi connectivity index (χ3n) is 2.25. The predicted molar refractivity (Wildman–Crippen MR) is 58.0 cm³/mol. The van der Waals surface area contributed by atoms with E-state index in [9.17, 15) is 0 Å². The van der Waals surface area contributed by atoms with Crippen molar-refractivity contribution in [1.82, 2.24) is 15.3 Å². The molecule has 3 nitrogen and oxygen atoms in total. The molecular weight excluding hydrogens is 174 g/mol. The Balaban J connectivity index is 2.96. The number of hydrogen-bond acceptors (Lipinski definition) is 3. The molecule has 0 aromatic carbocycles. The van der Waals surface area contributed by atoms with E-state index in [1.807, 2.05) is 26.4 Å². The molecule has 0 aliphatic rings. The SMILES string of the molecule is CNC(c1cnc(C)cn1)C(C)(C)C. The maximum atomic E-state index is 4.39. The number of aromatic nitrogens is 2. The molecule has 14 heavy (non-hydrogen) atoms. The Morgan fingerprint density at radius 1 is 1.21 bits per heavy atom. The molecule has 0 spiro atoms. The van der Waals surface area contributed by atoms with Gasteiger partial charge in [0.1, 0.15) is 0 Å². The fraction of sp³-hybridized carbons (Fsp3) is 0.636. The van der Waals surface area contributed by atoms with Crippen LogP contribution in [0.5, 0.6) is 0 Å². The van der Waals surface area contributed by atoms with E-state index >= 15 is 0 Å². The summed E-state index contributed by atoms with van der Waals surface area (Å²) in [5.74, 6) is 0. The lowest BCUT2D eigenvalue weighted by Gasteiger charge is -2.29. The van der Waals surface area contributed by atoms with Crippen molar-refractivity contribution in [2.75, 3.05) is 7.05 Å². The van der Waals surface area contributed by atoms with Crippen molar-refractivity contribution in [3.63, 3.8) is 0 Å². The zero-order valence-electron chi connectivity index (χ0n) is 9.63. The second-order valence-corrected chi connectivity index (χ2v) is 4.67. The number of hydrogen-bond donors (Lipinski definition) is 1. The van der Waals surface area contributed by atoms with Gasteiger partial charge in [-0.25, -0.2) is 0 Å². The average molecular weight is 193 g/mol. The highest BCUT2D eigenvalue weighted by Crippen LogP contribution is 2.30. The average Bonchev–Trinajstić information content (AvgIpc) is 2.07. The lowest BCUT2D eigenvalue weighted by atomic mass is 9.85. The van der Waals surface area contributed by atoms with E-state index in [-0.39, 0.29) is 11.5 Å². The topological polar surface area (TPSA) is 37.8 Å². The molecule has 0 saturated heterocycles. The summed E-state index contributed by atoms with van der Waals surface area (Å²) in [4.78, 5) is 8.65. The molecule has 0 bridgehead atoms. The first-order valence-corrected chi connectivity index (χ1v) is 4.91. The second-order valence-electron chi connectivity index (χ2n) is 4.67. The van der Waals surface area contributed by atoms with Crippen LogP contribution in [0.1, 0.15) is 38.2 Å². The van der Waals surface area contributed by atoms with E-state index in [1.54, 1.807) is 0 Å². The molecule has 3 heteroatoms. The van der Waals surface area contributed by atoms with Crippen molar-refractivity contribution >= 4 is 0 Å². The molecule has 0 aliphatic heterocycles. The molecule has 0 radical (unpaired) electrons. The molecule has 1 unspecified atom stereocenters. The van der Waals surface area contributed by atoms with Crippen molar-refractivity contribution in [3.8, 4) is 0 Å². The lowest BCUT2D eigenvalue weighted by Crippen LogP contribution is -2.30. The van der Waals surface area contributed by atoms with Crippen LogP contribution in [0.25, 0.3) is 0 Å². The second kappa shape index (κ2) is 4.05. The summed E-state index contributed by atoms with van der Waals surface area (Å²) in [6, 6.07) is 0.246.